The third-order valence-corrected chi connectivity index (χ3v) is 12.2. The van der Waals surface area contributed by atoms with Gasteiger partial charge in [0.1, 0.15) is 5.58 Å². The molecule has 1 aromatic heterocycles. The normalized spacial score (nSPS) is 13.7. The smallest absolute Gasteiger partial charge is 0.159 e. The van der Waals surface area contributed by atoms with E-state index in [9.17, 15) is 0 Å². The van der Waals surface area contributed by atoms with Gasteiger partial charge in [0.05, 0.1) is 11.4 Å². The Balaban J connectivity index is 1.05. The second kappa shape index (κ2) is 11.9. The highest BCUT2D eigenvalue weighted by atomic mass is 16.3. The number of para-hydroxylation sites is 4. The predicted molar refractivity (Wildman–Crippen MR) is 234 cm³/mol. The average molecular weight is 717 g/mol. The summed E-state index contributed by atoms with van der Waals surface area (Å²) in [5.41, 5.74) is 14.0. The highest BCUT2D eigenvalue weighted by Crippen LogP contribution is 2.63. The first-order valence-electron chi connectivity index (χ1n) is 19.6. The number of anilines is 6. The molecule has 0 aliphatic heterocycles. The molecule has 0 unspecified atom stereocenters. The maximum absolute atomic E-state index is 6.63. The quantitative estimate of drug-likeness (QED) is 0.171. The molecule has 0 bridgehead atoms. The fourth-order valence-corrected chi connectivity index (χ4v) is 9.55. The van der Waals surface area contributed by atoms with Crippen LogP contribution in [0.4, 0.5) is 34.1 Å². The molecule has 0 atom stereocenters. The van der Waals surface area contributed by atoms with Crippen molar-refractivity contribution in [3.63, 3.8) is 0 Å². The lowest BCUT2D eigenvalue weighted by Gasteiger charge is -2.34. The van der Waals surface area contributed by atoms with Gasteiger partial charge >= 0.3 is 0 Å². The van der Waals surface area contributed by atoms with E-state index >= 15 is 0 Å². The lowest BCUT2D eigenvalue weighted by atomic mass is 9.74. The van der Waals surface area contributed by atoms with Gasteiger partial charge in [-0.25, -0.2) is 0 Å². The van der Waals surface area contributed by atoms with E-state index in [2.05, 4.69) is 198 Å². The Hall–Kier alpha value is -7.10. The highest BCUT2D eigenvalue weighted by molar-refractivity contribution is 6.12. The van der Waals surface area contributed by atoms with E-state index in [0.717, 1.165) is 63.2 Å². The van der Waals surface area contributed by atoms with Crippen molar-refractivity contribution < 1.29 is 4.42 Å². The van der Waals surface area contributed by atoms with E-state index in [4.69, 9.17) is 4.42 Å². The van der Waals surface area contributed by atoms with Crippen LogP contribution in [-0.4, -0.2) is 0 Å². The summed E-state index contributed by atoms with van der Waals surface area (Å²) in [5, 5.41) is 7.39. The Bertz CT molecular complexity index is 3160. The van der Waals surface area contributed by atoms with Gasteiger partial charge in [-0.1, -0.05) is 127 Å². The molecule has 264 valence electrons. The molecule has 1 spiro atoms. The Morgan fingerprint density at radius 2 is 1.04 bits per heavy atom. The molecule has 0 radical (unpaired) electrons. The van der Waals surface area contributed by atoms with Crippen LogP contribution in [0.5, 0.6) is 0 Å². The Labute approximate surface area is 325 Å². The standard InChI is InChI=1S/C53H36N2O/c1-3-15-37(16-4-1)54(39-26-25-35-13-7-8-14-36(35)33-39)48-30-29-46-51-43(20-11-22-45(48)51)41-28-27-40(34-47(41)53(46)31-32-53)55(38-17-5-2-6-18-38)49-23-12-21-44-42-19-9-10-24-50(42)56-52(44)49/h1-30,33-34H,31-32H2. The van der Waals surface area contributed by atoms with Gasteiger partial charge in [0.25, 0.3) is 0 Å². The zero-order chi connectivity index (χ0) is 36.8. The molecule has 9 aromatic carbocycles. The van der Waals surface area contributed by atoms with Crippen LogP contribution in [0, 0.1) is 0 Å². The van der Waals surface area contributed by atoms with Crippen LogP contribution in [0.2, 0.25) is 0 Å². The van der Waals surface area contributed by atoms with Crippen LogP contribution >= 0.6 is 0 Å². The van der Waals surface area contributed by atoms with E-state index < -0.39 is 0 Å². The van der Waals surface area contributed by atoms with Gasteiger partial charge in [-0.3, -0.25) is 0 Å². The SMILES string of the molecule is c1ccc(N(c2ccc3ccccc3c2)c2ccc3c4c(cccc24)-c2ccc(N(c4ccccc4)c4cccc5c4oc4ccccc45)cc2C32CC2)cc1. The van der Waals surface area contributed by atoms with Gasteiger partial charge in [0.15, 0.2) is 5.58 Å². The third kappa shape index (κ3) is 4.58. The topological polar surface area (TPSA) is 19.6 Å². The molecule has 0 amide bonds. The van der Waals surface area contributed by atoms with E-state index in [1.807, 2.05) is 6.07 Å². The fourth-order valence-electron chi connectivity index (χ4n) is 9.55. The van der Waals surface area contributed by atoms with Crippen molar-refractivity contribution in [3.05, 3.63) is 205 Å². The first kappa shape index (κ1) is 31.3. The molecule has 10 aromatic rings. The lowest BCUT2D eigenvalue weighted by Crippen LogP contribution is -2.18. The van der Waals surface area contributed by atoms with Crippen molar-refractivity contribution in [1.82, 2.24) is 0 Å². The molecular formula is C53H36N2O. The Morgan fingerprint density at radius 1 is 0.393 bits per heavy atom. The van der Waals surface area contributed by atoms with Crippen molar-refractivity contribution in [2.45, 2.75) is 18.3 Å². The minimum absolute atomic E-state index is 0.0370. The molecule has 2 aliphatic rings. The van der Waals surface area contributed by atoms with Crippen LogP contribution in [0.1, 0.15) is 24.0 Å². The van der Waals surface area contributed by atoms with E-state index in [1.54, 1.807) is 0 Å². The number of rotatable bonds is 6. The second-order valence-electron chi connectivity index (χ2n) is 15.3. The van der Waals surface area contributed by atoms with Crippen LogP contribution in [0.3, 0.4) is 0 Å². The van der Waals surface area contributed by atoms with Gasteiger partial charge in [0, 0.05) is 44.3 Å². The molecule has 1 fully saturated rings. The van der Waals surface area contributed by atoms with Crippen LogP contribution in [-0.2, 0) is 5.41 Å². The van der Waals surface area contributed by atoms with Gasteiger partial charge in [-0.15, -0.1) is 0 Å². The van der Waals surface area contributed by atoms with Gasteiger partial charge < -0.3 is 14.2 Å². The molecule has 3 heteroatoms. The summed E-state index contributed by atoms with van der Waals surface area (Å²) in [4.78, 5) is 4.81. The summed E-state index contributed by atoms with van der Waals surface area (Å²) in [5.74, 6) is 0. The van der Waals surface area contributed by atoms with Crippen molar-refractivity contribution in [2.24, 2.45) is 0 Å². The van der Waals surface area contributed by atoms with Crippen molar-refractivity contribution in [1.29, 1.82) is 0 Å². The van der Waals surface area contributed by atoms with Gasteiger partial charge in [-0.05, 0) is 118 Å². The van der Waals surface area contributed by atoms with Crippen molar-refractivity contribution >= 4 is 77.6 Å². The van der Waals surface area contributed by atoms with Crippen LogP contribution < -0.4 is 9.80 Å². The first-order valence-corrected chi connectivity index (χ1v) is 19.6. The molecule has 3 nitrogen and oxygen atoms in total. The summed E-state index contributed by atoms with van der Waals surface area (Å²) >= 11 is 0. The minimum atomic E-state index is -0.0370. The van der Waals surface area contributed by atoms with E-state index in [-0.39, 0.29) is 5.41 Å². The van der Waals surface area contributed by atoms with Gasteiger partial charge in [-0.2, -0.15) is 0 Å². The minimum Gasteiger partial charge on any atom is -0.454 e. The van der Waals surface area contributed by atoms with Crippen molar-refractivity contribution in [2.75, 3.05) is 9.80 Å². The number of benzene rings is 9. The first-order chi connectivity index (χ1) is 27.7. The van der Waals surface area contributed by atoms with Gasteiger partial charge in [0.2, 0.25) is 0 Å². The number of nitrogens with zero attached hydrogens (tertiary/aromatic N) is 2. The summed E-state index contributed by atoms with van der Waals surface area (Å²) < 4.78 is 6.63. The summed E-state index contributed by atoms with van der Waals surface area (Å²) in [6.07, 6.45) is 2.26. The summed E-state index contributed by atoms with van der Waals surface area (Å²) in [7, 11) is 0. The molecule has 1 saturated carbocycles. The molecule has 0 N–H and O–H groups in total. The maximum atomic E-state index is 6.63. The largest absolute Gasteiger partial charge is 0.454 e. The highest BCUT2D eigenvalue weighted by Gasteiger charge is 2.51. The lowest BCUT2D eigenvalue weighted by molar-refractivity contribution is 0.669. The molecule has 0 saturated heterocycles. The van der Waals surface area contributed by atoms with E-state index in [1.165, 1.54) is 49.5 Å². The molecular weight excluding hydrogens is 681 g/mol. The number of hydrogen-bond donors (Lipinski definition) is 0. The summed E-state index contributed by atoms with van der Waals surface area (Å²) in [6.45, 7) is 0. The number of hydrogen-bond acceptors (Lipinski definition) is 3. The predicted octanol–water partition coefficient (Wildman–Crippen LogP) is 14.9. The third-order valence-electron chi connectivity index (χ3n) is 12.2. The Kier molecular flexibility index (Phi) is 6.67. The monoisotopic (exact) mass is 716 g/mol. The van der Waals surface area contributed by atoms with E-state index in [0.29, 0.717) is 0 Å². The second-order valence-corrected chi connectivity index (χ2v) is 15.3. The van der Waals surface area contributed by atoms with Crippen molar-refractivity contribution in [3.8, 4) is 11.1 Å². The zero-order valence-corrected chi connectivity index (χ0v) is 30.7. The molecule has 12 rings (SSSR count). The number of furan rings is 1. The average Bonchev–Trinajstić information content (AvgIpc) is 3.97. The molecule has 56 heavy (non-hydrogen) atoms. The maximum Gasteiger partial charge on any atom is 0.159 e. The molecule has 1 heterocycles. The zero-order valence-electron chi connectivity index (χ0n) is 30.7. The molecule has 2 aliphatic carbocycles. The van der Waals surface area contributed by atoms with Crippen LogP contribution in [0.15, 0.2) is 199 Å². The van der Waals surface area contributed by atoms with Crippen LogP contribution in [0.25, 0.3) is 54.6 Å². The number of fused-ring (bicyclic) bond motifs is 8. The Morgan fingerprint density at radius 3 is 1.84 bits per heavy atom. The fraction of sp³-hybridized carbons (Fsp3) is 0.0566. The summed E-state index contributed by atoms with van der Waals surface area (Å²) in [6, 6.07) is 70.7.